The molecule has 1 aliphatic rings. The van der Waals surface area contributed by atoms with Gasteiger partial charge < -0.3 is 15.4 Å². The highest BCUT2D eigenvalue weighted by molar-refractivity contribution is 6.00. The fourth-order valence-electron chi connectivity index (χ4n) is 2.57. The van der Waals surface area contributed by atoms with E-state index >= 15 is 0 Å². The molecule has 0 radical (unpaired) electrons. The lowest BCUT2D eigenvalue weighted by Crippen LogP contribution is -2.33. The Hall–Kier alpha value is -1.55. The lowest BCUT2D eigenvalue weighted by Gasteiger charge is -2.28. The van der Waals surface area contributed by atoms with E-state index in [1.54, 1.807) is 0 Å². The number of nitrogens with zero attached hydrogens (tertiary/aromatic N) is 1. The Kier molecular flexibility index (Phi) is 4.43. The van der Waals surface area contributed by atoms with Gasteiger partial charge in [-0.25, -0.2) is 0 Å². The zero-order valence-electron chi connectivity index (χ0n) is 11.8. The fraction of sp³-hybridized carbons (Fsp3) is 0.533. The topological polar surface area (TPSA) is 62.3 Å². The molecule has 4 nitrogen and oxygen atoms in total. The molecule has 0 amide bonds. The number of benzene rings is 1. The molecule has 0 aliphatic carbocycles. The Balaban J connectivity index is 2.23. The third-order valence-electron chi connectivity index (χ3n) is 3.61. The maximum atomic E-state index is 7.75. The molecule has 0 spiro atoms. The van der Waals surface area contributed by atoms with Gasteiger partial charge in [-0.1, -0.05) is 11.6 Å². The number of nitrogens with one attached hydrogen (secondary N) is 1. The molecule has 1 aromatic carbocycles. The second-order valence-electron chi connectivity index (χ2n) is 5.11. The summed E-state index contributed by atoms with van der Waals surface area (Å²) in [6.45, 7) is 6.78. The number of nitrogen functional groups attached to an aromatic ring is 1. The van der Waals surface area contributed by atoms with Gasteiger partial charge in [0.25, 0.3) is 0 Å². The molecule has 0 saturated carbocycles. The zero-order chi connectivity index (χ0) is 13.8. The van der Waals surface area contributed by atoms with Crippen LogP contribution >= 0.6 is 0 Å². The van der Waals surface area contributed by atoms with Gasteiger partial charge in [-0.3, -0.25) is 5.41 Å². The van der Waals surface area contributed by atoms with Crippen LogP contribution < -0.4 is 10.6 Å². The van der Waals surface area contributed by atoms with Crippen molar-refractivity contribution < 1.29 is 4.74 Å². The van der Waals surface area contributed by atoms with Crippen LogP contribution in [0, 0.1) is 12.3 Å². The minimum atomic E-state index is 0.129. The molecule has 1 aliphatic heterocycles. The second kappa shape index (κ2) is 6.06. The van der Waals surface area contributed by atoms with Gasteiger partial charge in [0, 0.05) is 30.9 Å². The number of ether oxygens (including phenoxy) is 1. The van der Waals surface area contributed by atoms with Crippen molar-refractivity contribution in [2.75, 3.05) is 24.6 Å². The highest BCUT2D eigenvalue weighted by Gasteiger charge is 2.20. The van der Waals surface area contributed by atoms with E-state index in [4.69, 9.17) is 15.9 Å². The molecule has 104 valence electrons. The number of hydrogen-bond donors (Lipinski definition) is 2. The predicted molar refractivity (Wildman–Crippen MR) is 79.1 cm³/mol. The summed E-state index contributed by atoms with van der Waals surface area (Å²) in [5.74, 6) is 0.129. The number of anilines is 1. The smallest absolute Gasteiger partial charge is 0.124 e. The Morgan fingerprint density at radius 2 is 2.32 bits per heavy atom. The van der Waals surface area contributed by atoms with Gasteiger partial charge >= 0.3 is 0 Å². The summed E-state index contributed by atoms with van der Waals surface area (Å²) in [6, 6.07) is 6.11. The van der Waals surface area contributed by atoms with Crippen molar-refractivity contribution in [3.05, 3.63) is 29.3 Å². The van der Waals surface area contributed by atoms with Gasteiger partial charge in [-0.15, -0.1) is 0 Å². The average molecular weight is 261 g/mol. The molecule has 0 bridgehead atoms. The molecule has 1 heterocycles. The predicted octanol–water partition coefficient (Wildman–Crippen LogP) is 2.28. The number of amidine groups is 1. The molecule has 1 aromatic rings. The van der Waals surface area contributed by atoms with Crippen LogP contribution in [0.25, 0.3) is 0 Å². The van der Waals surface area contributed by atoms with E-state index in [1.807, 2.05) is 13.0 Å². The molecule has 1 saturated heterocycles. The summed E-state index contributed by atoms with van der Waals surface area (Å²) < 4.78 is 5.70. The Bertz CT molecular complexity index is 453. The standard InChI is InChI=1S/C15H23N3O/c1-3-18(10-12-5-4-8-19-12)14-7-6-11(2)9-13(14)15(16)17/h6-7,9,12H,3-5,8,10H2,1-2H3,(H3,16,17). The lowest BCUT2D eigenvalue weighted by atomic mass is 10.1. The number of hydrogen-bond acceptors (Lipinski definition) is 3. The van der Waals surface area contributed by atoms with Crippen LogP contribution in [0.2, 0.25) is 0 Å². The van der Waals surface area contributed by atoms with Crippen molar-refractivity contribution in [2.45, 2.75) is 32.8 Å². The van der Waals surface area contributed by atoms with Crippen LogP contribution in [-0.2, 0) is 4.74 Å². The third kappa shape index (κ3) is 3.26. The quantitative estimate of drug-likeness (QED) is 0.631. The van der Waals surface area contributed by atoms with E-state index < -0.39 is 0 Å². The average Bonchev–Trinajstić information content (AvgIpc) is 2.89. The minimum absolute atomic E-state index is 0.129. The third-order valence-corrected chi connectivity index (χ3v) is 3.61. The summed E-state index contributed by atoms with van der Waals surface area (Å²) in [6.07, 6.45) is 2.58. The van der Waals surface area contributed by atoms with Crippen molar-refractivity contribution in [1.82, 2.24) is 0 Å². The highest BCUT2D eigenvalue weighted by Crippen LogP contribution is 2.24. The van der Waals surface area contributed by atoms with Crippen molar-refractivity contribution in [2.24, 2.45) is 5.73 Å². The summed E-state index contributed by atoms with van der Waals surface area (Å²) >= 11 is 0. The van der Waals surface area contributed by atoms with E-state index in [0.29, 0.717) is 6.10 Å². The Morgan fingerprint density at radius 3 is 2.89 bits per heavy atom. The van der Waals surface area contributed by atoms with Crippen LogP contribution in [0.4, 0.5) is 5.69 Å². The molecule has 19 heavy (non-hydrogen) atoms. The number of likely N-dealkylation sites (N-methyl/N-ethyl adjacent to an activating group) is 1. The molecule has 2 rings (SSSR count). The van der Waals surface area contributed by atoms with Gasteiger partial charge in [-0.2, -0.15) is 0 Å². The summed E-state index contributed by atoms with van der Waals surface area (Å²) in [4.78, 5) is 2.26. The molecule has 1 unspecified atom stereocenters. The van der Waals surface area contributed by atoms with Crippen LogP contribution in [0.15, 0.2) is 18.2 Å². The van der Waals surface area contributed by atoms with E-state index in [2.05, 4.69) is 24.0 Å². The highest BCUT2D eigenvalue weighted by atomic mass is 16.5. The van der Waals surface area contributed by atoms with Crippen molar-refractivity contribution in [1.29, 1.82) is 5.41 Å². The first-order valence-electron chi connectivity index (χ1n) is 6.93. The fourth-order valence-corrected chi connectivity index (χ4v) is 2.57. The summed E-state index contributed by atoms with van der Waals surface area (Å²) in [5.41, 5.74) is 8.69. The monoisotopic (exact) mass is 261 g/mol. The largest absolute Gasteiger partial charge is 0.384 e. The van der Waals surface area contributed by atoms with Crippen molar-refractivity contribution in [3.8, 4) is 0 Å². The van der Waals surface area contributed by atoms with Gasteiger partial charge in [0.2, 0.25) is 0 Å². The van der Waals surface area contributed by atoms with E-state index in [-0.39, 0.29) is 5.84 Å². The maximum absolute atomic E-state index is 7.75. The first-order valence-corrected chi connectivity index (χ1v) is 6.93. The van der Waals surface area contributed by atoms with Crippen LogP contribution in [0.5, 0.6) is 0 Å². The molecule has 0 aromatic heterocycles. The SMILES string of the molecule is CCN(CC1CCCO1)c1ccc(C)cc1C(=N)N. The number of nitrogens with two attached hydrogens (primary N) is 1. The molecule has 3 N–H and O–H groups in total. The first-order chi connectivity index (χ1) is 9.11. The van der Waals surface area contributed by atoms with E-state index in [1.165, 1.54) is 0 Å². The molecule has 1 atom stereocenters. The van der Waals surface area contributed by atoms with Crippen molar-refractivity contribution >= 4 is 11.5 Å². The number of aryl methyl sites for hydroxylation is 1. The summed E-state index contributed by atoms with van der Waals surface area (Å²) in [7, 11) is 0. The summed E-state index contributed by atoms with van der Waals surface area (Å²) in [5, 5.41) is 7.75. The van der Waals surface area contributed by atoms with Gasteiger partial charge in [0.05, 0.1) is 6.10 Å². The lowest BCUT2D eigenvalue weighted by molar-refractivity contribution is 0.115. The van der Waals surface area contributed by atoms with Crippen molar-refractivity contribution in [3.63, 3.8) is 0 Å². The molecular weight excluding hydrogens is 238 g/mol. The maximum Gasteiger partial charge on any atom is 0.124 e. The molecular formula is C15H23N3O. The Labute approximate surface area is 115 Å². The van der Waals surface area contributed by atoms with Gasteiger partial charge in [0.1, 0.15) is 5.84 Å². The first kappa shape index (κ1) is 13.9. The van der Waals surface area contributed by atoms with Gasteiger partial charge in [0.15, 0.2) is 0 Å². The van der Waals surface area contributed by atoms with Crippen LogP contribution in [0.1, 0.15) is 30.9 Å². The van der Waals surface area contributed by atoms with E-state index in [0.717, 1.165) is 49.4 Å². The second-order valence-corrected chi connectivity index (χ2v) is 5.11. The number of rotatable bonds is 5. The van der Waals surface area contributed by atoms with E-state index in [9.17, 15) is 0 Å². The molecule has 1 fully saturated rings. The van der Waals surface area contributed by atoms with Gasteiger partial charge in [-0.05, 0) is 38.8 Å². The minimum Gasteiger partial charge on any atom is -0.384 e. The van der Waals surface area contributed by atoms with Crippen LogP contribution in [0.3, 0.4) is 0 Å². The van der Waals surface area contributed by atoms with Crippen LogP contribution in [-0.4, -0.2) is 31.6 Å². The zero-order valence-corrected chi connectivity index (χ0v) is 11.8. The molecule has 4 heteroatoms. The normalized spacial score (nSPS) is 18.5. The Morgan fingerprint density at radius 1 is 1.53 bits per heavy atom.